The summed E-state index contributed by atoms with van der Waals surface area (Å²) in [5.74, 6) is 0.593. The van der Waals surface area contributed by atoms with E-state index in [1.807, 2.05) is 35.1 Å². The van der Waals surface area contributed by atoms with Crippen molar-refractivity contribution in [3.63, 3.8) is 0 Å². The van der Waals surface area contributed by atoms with Crippen LogP contribution in [0.15, 0.2) is 30.6 Å². The Morgan fingerprint density at radius 3 is 2.81 bits per heavy atom. The van der Waals surface area contributed by atoms with E-state index in [0.29, 0.717) is 12.5 Å². The average molecular weight is 288 g/mol. The molecule has 2 aromatic rings. The summed E-state index contributed by atoms with van der Waals surface area (Å²) in [6.07, 6.45) is 4.61. The number of pyridine rings is 1. The Bertz CT molecular complexity index is 603. The van der Waals surface area contributed by atoms with E-state index in [0.717, 1.165) is 17.5 Å². The van der Waals surface area contributed by atoms with Gasteiger partial charge in [0.1, 0.15) is 0 Å². The van der Waals surface area contributed by atoms with Gasteiger partial charge in [-0.1, -0.05) is 19.9 Å². The number of amides is 1. The highest BCUT2D eigenvalue weighted by Crippen LogP contribution is 2.12. The van der Waals surface area contributed by atoms with Gasteiger partial charge >= 0.3 is 0 Å². The van der Waals surface area contributed by atoms with Crippen molar-refractivity contribution in [2.45, 2.75) is 32.9 Å². The van der Waals surface area contributed by atoms with Crippen molar-refractivity contribution >= 4 is 11.4 Å². The van der Waals surface area contributed by atoms with Crippen molar-refractivity contribution in [2.24, 2.45) is 5.92 Å². The van der Waals surface area contributed by atoms with E-state index in [2.05, 4.69) is 24.3 Å². The number of hydrogen-bond donors (Lipinski definition) is 1. The fourth-order valence-electron chi connectivity index (χ4n) is 2.41. The topological polar surface area (TPSA) is 49.6 Å². The first-order valence-electron chi connectivity index (χ1n) is 7.35. The molecule has 0 fully saturated rings. The Labute approximate surface area is 125 Å². The summed E-state index contributed by atoms with van der Waals surface area (Å²) in [7, 11) is 3.60. The van der Waals surface area contributed by atoms with Gasteiger partial charge in [-0.15, -0.1) is 0 Å². The van der Waals surface area contributed by atoms with Crippen LogP contribution in [-0.4, -0.2) is 40.6 Å². The minimum Gasteiger partial charge on any atom is -0.347 e. The minimum atomic E-state index is -0.154. The predicted octanol–water partition coefficient (Wildman–Crippen LogP) is 1.93. The molecule has 1 amide bonds. The zero-order chi connectivity index (χ0) is 15.4. The van der Waals surface area contributed by atoms with Gasteiger partial charge in [-0.2, -0.15) is 5.10 Å². The second-order valence-corrected chi connectivity index (χ2v) is 6.00. The Balaban J connectivity index is 2.09. The summed E-state index contributed by atoms with van der Waals surface area (Å²) in [6, 6.07) is 5.83. The Hall–Kier alpha value is -1.88. The smallest absolute Gasteiger partial charge is 0.239 e. The molecule has 0 aliphatic heterocycles. The van der Waals surface area contributed by atoms with E-state index in [1.54, 1.807) is 19.0 Å². The lowest BCUT2D eigenvalue weighted by molar-refractivity contribution is -0.131. The number of aromatic nitrogens is 2. The van der Waals surface area contributed by atoms with Gasteiger partial charge in [-0.05, 0) is 24.5 Å². The minimum absolute atomic E-state index is 0.125. The van der Waals surface area contributed by atoms with Crippen molar-refractivity contribution in [1.82, 2.24) is 19.8 Å². The van der Waals surface area contributed by atoms with Crippen LogP contribution in [0.25, 0.3) is 5.52 Å². The molecule has 2 heterocycles. The van der Waals surface area contributed by atoms with E-state index in [9.17, 15) is 4.79 Å². The van der Waals surface area contributed by atoms with E-state index in [4.69, 9.17) is 0 Å². The van der Waals surface area contributed by atoms with Crippen molar-refractivity contribution < 1.29 is 4.79 Å². The number of carbonyl (C=O) groups excluding carboxylic acids is 1. The highest BCUT2D eigenvalue weighted by molar-refractivity contribution is 5.81. The molecular formula is C16H24N4O. The fraction of sp³-hybridized carbons (Fsp3) is 0.500. The summed E-state index contributed by atoms with van der Waals surface area (Å²) < 4.78 is 1.85. The van der Waals surface area contributed by atoms with Gasteiger partial charge in [0.15, 0.2) is 0 Å². The first kappa shape index (κ1) is 15.5. The second-order valence-electron chi connectivity index (χ2n) is 6.00. The zero-order valence-corrected chi connectivity index (χ0v) is 13.2. The third-order valence-electron chi connectivity index (χ3n) is 3.49. The van der Waals surface area contributed by atoms with E-state index in [-0.39, 0.29) is 11.9 Å². The largest absolute Gasteiger partial charge is 0.347 e. The van der Waals surface area contributed by atoms with Crippen molar-refractivity contribution in [2.75, 3.05) is 14.1 Å². The third kappa shape index (κ3) is 3.82. The summed E-state index contributed by atoms with van der Waals surface area (Å²) in [4.78, 5) is 13.9. The molecule has 0 aliphatic rings. The summed E-state index contributed by atoms with van der Waals surface area (Å²) in [6.45, 7) is 4.91. The van der Waals surface area contributed by atoms with Crippen LogP contribution >= 0.6 is 0 Å². The standard InChI is InChI=1S/C16H24N4O/c1-12(2)9-14(16(21)19(3)4)17-10-13-11-18-20-8-6-5-7-15(13)20/h5-8,11-12,14,17H,9-10H2,1-4H3. The first-order chi connectivity index (χ1) is 9.99. The predicted molar refractivity (Wildman–Crippen MR) is 84.0 cm³/mol. The molecule has 2 rings (SSSR count). The molecule has 0 saturated carbocycles. The van der Waals surface area contributed by atoms with Crippen LogP contribution in [0.4, 0.5) is 0 Å². The average Bonchev–Trinajstić information content (AvgIpc) is 2.85. The number of carbonyl (C=O) groups is 1. The highest BCUT2D eigenvalue weighted by Gasteiger charge is 2.21. The molecule has 114 valence electrons. The molecule has 5 heteroatoms. The summed E-state index contributed by atoms with van der Waals surface area (Å²) >= 11 is 0. The lowest BCUT2D eigenvalue weighted by Crippen LogP contribution is -2.44. The molecule has 0 aromatic carbocycles. The van der Waals surface area contributed by atoms with Gasteiger partial charge in [0, 0.05) is 32.4 Å². The van der Waals surface area contributed by atoms with Gasteiger partial charge in [0.25, 0.3) is 0 Å². The maximum Gasteiger partial charge on any atom is 0.239 e. The molecule has 0 bridgehead atoms. The molecule has 21 heavy (non-hydrogen) atoms. The van der Waals surface area contributed by atoms with E-state index in [1.165, 1.54) is 0 Å². The van der Waals surface area contributed by atoms with E-state index >= 15 is 0 Å². The number of likely N-dealkylation sites (N-methyl/N-ethyl adjacent to an activating group) is 1. The number of hydrogen-bond acceptors (Lipinski definition) is 3. The fourth-order valence-corrected chi connectivity index (χ4v) is 2.41. The van der Waals surface area contributed by atoms with Crippen LogP contribution in [0, 0.1) is 5.92 Å². The number of rotatable bonds is 6. The SMILES string of the molecule is CC(C)CC(NCc1cnn2ccccc12)C(=O)N(C)C. The molecule has 1 atom stereocenters. The molecule has 0 radical (unpaired) electrons. The number of nitrogens with one attached hydrogen (secondary N) is 1. The molecule has 1 unspecified atom stereocenters. The molecule has 2 aromatic heterocycles. The number of fused-ring (bicyclic) bond motifs is 1. The van der Waals surface area contributed by atoms with E-state index < -0.39 is 0 Å². The van der Waals surface area contributed by atoms with Crippen molar-refractivity contribution in [1.29, 1.82) is 0 Å². The van der Waals surface area contributed by atoms with Crippen LogP contribution < -0.4 is 5.32 Å². The van der Waals surface area contributed by atoms with Gasteiger partial charge in [-0.25, -0.2) is 4.52 Å². The van der Waals surface area contributed by atoms with Crippen LogP contribution in [0.5, 0.6) is 0 Å². The Kier molecular flexibility index (Phi) is 4.96. The molecular weight excluding hydrogens is 264 g/mol. The second kappa shape index (κ2) is 6.72. The van der Waals surface area contributed by atoms with Gasteiger partial charge < -0.3 is 10.2 Å². The zero-order valence-electron chi connectivity index (χ0n) is 13.2. The molecule has 0 aliphatic carbocycles. The van der Waals surface area contributed by atoms with Gasteiger partial charge in [0.2, 0.25) is 5.91 Å². The monoisotopic (exact) mass is 288 g/mol. The Morgan fingerprint density at radius 1 is 1.38 bits per heavy atom. The highest BCUT2D eigenvalue weighted by atomic mass is 16.2. The van der Waals surface area contributed by atoms with Crippen LogP contribution in [0.1, 0.15) is 25.8 Å². The maximum absolute atomic E-state index is 12.2. The lowest BCUT2D eigenvalue weighted by Gasteiger charge is -2.23. The lowest BCUT2D eigenvalue weighted by atomic mass is 10.0. The van der Waals surface area contributed by atoms with Crippen molar-refractivity contribution in [3.8, 4) is 0 Å². The molecule has 0 spiro atoms. The van der Waals surface area contributed by atoms with Crippen molar-refractivity contribution in [3.05, 3.63) is 36.2 Å². The molecule has 1 N–H and O–H groups in total. The quantitative estimate of drug-likeness (QED) is 0.883. The van der Waals surface area contributed by atoms with Gasteiger partial charge in [0.05, 0.1) is 17.8 Å². The summed E-state index contributed by atoms with van der Waals surface area (Å²) in [5.41, 5.74) is 2.18. The van der Waals surface area contributed by atoms with Crippen LogP contribution in [-0.2, 0) is 11.3 Å². The van der Waals surface area contributed by atoms with Crippen LogP contribution in [0.2, 0.25) is 0 Å². The Morgan fingerprint density at radius 2 is 2.14 bits per heavy atom. The third-order valence-corrected chi connectivity index (χ3v) is 3.49. The number of nitrogens with zero attached hydrogens (tertiary/aromatic N) is 3. The van der Waals surface area contributed by atoms with Crippen LogP contribution in [0.3, 0.4) is 0 Å². The molecule has 5 nitrogen and oxygen atoms in total. The first-order valence-corrected chi connectivity index (χ1v) is 7.35. The molecule has 0 saturated heterocycles. The van der Waals surface area contributed by atoms with Gasteiger partial charge in [-0.3, -0.25) is 4.79 Å². The summed E-state index contributed by atoms with van der Waals surface area (Å²) in [5, 5.41) is 7.70. The maximum atomic E-state index is 12.2. The normalized spacial score (nSPS) is 12.8.